The van der Waals surface area contributed by atoms with Gasteiger partial charge in [-0.3, -0.25) is 0 Å². The van der Waals surface area contributed by atoms with Crippen molar-refractivity contribution in [1.29, 1.82) is 0 Å². The van der Waals surface area contributed by atoms with Gasteiger partial charge in [-0.25, -0.2) is 13.4 Å². The van der Waals surface area contributed by atoms with E-state index in [0.29, 0.717) is 5.01 Å². The van der Waals surface area contributed by atoms with Crippen molar-refractivity contribution in [2.75, 3.05) is 12.8 Å². The largest absolute Gasteiger partial charge is 0.310 e. The van der Waals surface area contributed by atoms with E-state index in [0.717, 1.165) is 17.1 Å². The summed E-state index contributed by atoms with van der Waals surface area (Å²) >= 11 is 1.49. The number of nitrogens with one attached hydrogen (secondary N) is 1. The lowest BCUT2D eigenvalue weighted by molar-refractivity contribution is 0.592. The third-order valence-electron chi connectivity index (χ3n) is 2.74. The molecule has 0 aliphatic carbocycles. The van der Waals surface area contributed by atoms with Crippen LogP contribution in [0.2, 0.25) is 0 Å². The lowest BCUT2D eigenvalue weighted by Gasteiger charge is -2.10. The van der Waals surface area contributed by atoms with Gasteiger partial charge in [0, 0.05) is 17.2 Å². The van der Waals surface area contributed by atoms with Crippen LogP contribution in [-0.4, -0.2) is 26.2 Å². The predicted molar refractivity (Wildman–Crippen MR) is 72.2 cm³/mol. The normalized spacial score (nSPS) is 15.8. The maximum atomic E-state index is 11.5. The lowest BCUT2D eigenvalue weighted by Crippen LogP contribution is -2.17. The van der Waals surface area contributed by atoms with E-state index < -0.39 is 15.1 Å². The molecule has 17 heavy (non-hydrogen) atoms. The van der Waals surface area contributed by atoms with E-state index in [2.05, 4.69) is 17.2 Å². The fraction of sp³-hybridized carbons (Fsp3) is 0.727. The van der Waals surface area contributed by atoms with Crippen molar-refractivity contribution in [3.63, 3.8) is 0 Å². The summed E-state index contributed by atoms with van der Waals surface area (Å²) in [5.74, 6) is 0. The summed E-state index contributed by atoms with van der Waals surface area (Å²) in [6.45, 7) is 8.62. The highest BCUT2D eigenvalue weighted by atomic mass is 32.2. The Hall–Kier alpha value is -0.460. The molecule has 98 valence electrons. The highest BCUT2D eigenvalue weighted by molar-refractivity contribution is 7.91. The van der Waals surface area contributed by atoms with Crippen LogP contribution in [0.5, 0.6) is 0 Å². The van der Waals surface area contributed by atoms with Gasteiger partial charge in [-0.05, 0) is 27.3 Å². The van der Waals surface area contributed by atoms with E-state index >= 15 is 0 Å². The Balaban J connectivity index is 3.04. The lowest BCUT2D eigenvalue weighted by atomic mass is 10.2. The number of thiazole rings is 1. The van der Waals surface area contributed by atoms with E-state index in [-0.39, 0.29) is 6.04 Å². The second-order valence-electron chi connectivity index (χ2n) is 4.25. The van der Waals surface area contributed by atoms with Crippen molar-refractivity contribution in [2.24, 2.45) is 0 Å². The van der Waals surface area contributed by atoms with Crippen molar-refractivity contribution in [2.45, 2.75) is 39.0 Å². The van der Waals surface area contributed by atoms with Crippen LogP contribution in [0.25, 0.3) is 0 Å². The molecule has 6 heteroatoms. The van der Waals surface area contributed by atoms with Gasteiger partial charge < -0.3 is 5.32 Å². The minimum Gasteiger partial charge on any atom is -0.310 e. The van der Waals surface area contributed by atoms with Gasteiger partial charge in [-0.1, -0.05) is 6.92 Å². The molecule has 1 heterocycles. The minimum atomic E-state index is -3.07. The average molecular weight is 276 g/mol. The summed E-state index contributed by atoms with van der Waals surface area (Å²) in [6, 6.07) is 0.220. The van der Waals surface area contributed by atoms with Gasteiger partial charge in [0.05, 0.1) is 5.69 Å². The SMILES string of the molecule is CCNC(C)c1sc(C(C)S(C)(=O)=O)nc1C. The van der Waals surface area contributed by atoms with Gasteiger partial charge >= 0.3 is 0 Å². The first-order valence-electron chi connectivity index (χ1n) is 5.66. The van der Waals surface area contributed by atoms with E-state index in [1.165, 1.54) is 17.6 Å². The number of hydrogen-bond donors (Lipinski definition) is 1. The van der Waals surface area contributed by atoms with Gasteiger partial charge in [-0.15, -0.1) is 11.3 Å². The molecule has 0 aliphatic rings. The quantitative estimate of drug-likeness (QED) is 0.896. The van der Waals surface area contributed by atoms with Crippen molar-refractivity contribution >= 4 is 21.2 Å². The van der Waals surface area contributed by atoms with E-state index in [9.17, 15) is 8.42 Å². The van der Waals surface area contributed by atoms with Crippen molar-refractivity contribution < 1.29 is 8.42 Å². The van der Waals surface area contributed by atoms with Gasteiger partial charge in [-0.2, -0.15) is 0 Å². The maximum absolute atomic E-state index is 11.5. The highest BCUT2D eigenvalue weighted by Gasteiger charge is 2.23. The summed E-state index contributed by atoms with van der Waals surface area (Å²) in [5, 5.41) is 3.48. The average Bonchev–Trinajstić information content (AvgIpc) is 2.58. The van der Waals surface area contributed by atoms with Crippen LogP contribution in [0.4, 0.5) is 0 Å². The van der Waals surface area contributed by atoms with Crippen LogP contribution in [0.3, 0.4) is 0 Å². The molecule has 0 bridgehead atoms. The summed E-state index contributed by atoms with van der Waals surface area (Å²) in [7, 11) is -3.07. The maximum Gasteiger partial charge on any atom is 0.156 e. The van der Waals surface area contributed by atoms with Gasteiger partial charge in [0.1, 0.15) is 10.3 Å². The zero-order chi connectivity index (χ0) is 13.2. The van der Waals surface area contributed by atoms with Gasteiger partial charge in [0.15, 0.2) is 9.84 Å². The molecule has 2 atom stereocenters. The van der Waals surface area contributed by atoms with Crippen LogP contribution >= 0.6 is 11.3 Å². The molecule has 1 N–H and O–H groups in total. The summed E-state index contributed by atoms with van der Waals surface area (Å²) < 4.78 is 23.0. The second kappa shape index (κ2) is 5.46. The number of rotatable bonds is 5. The molecular weight excluding hydrogens is 256 g/mol. The van der Waals surface area contributed by atoms with Crippen molar-refractivity contribution in [1.82, 2.24) is 10.3 Å². The van der Waals surface area contributed by atoms with Crippen molar-refractivity contribution in [3.05, 3.63) is 15.6 Å². The van der Waals surface area contributed by atoms with Crippen LogP contribution in [0, 0.1) is 6.92 Å². The standard InChI is InChI=1S/C11H20N2O2S2/c1-6-12-7(2)10-8(3)13-11(16-10)9(4)17(5,14)15/h7,9,12H,6H2,1-5H3. The molecule has 4 nitrogen and oxygen atoms in total. The fourth-order valence-corrected chi connectivity index (χ4v) is 3.70. The second-order valence-corrected chi connectivity index (χ2v) is 7.68. The molecule has 0 aromatic carbocycles. The monoisotopic (exact) mass is 276 g/mol. The Morgan fingerprint density at radius 2 is 2.00 bits per heavy atom. The van der Waals surface area contributed by atoms with Crippen LogP contribution < -0.4 is 5.32 Å². The molecule has 0 fully saturated rings. The third kappa shape index (κ3) is 3.50. The van der Waals surface area contributed by atoms with E-state index in [4.69, 9.17) is 0 Å². The molecule has 1 rings (SSSR count). The van der Waals surface area contributed by atoms with Gasteiger partial charge in [0.25, 0.3) is 0 Å². The molecule has 0 saturated carbocycles. The van der Waals surface area contributed by atoms with E-state index in [1.807, 2.05) is 13.8 Å². The molecular formula is C11H20N2O2S2. The highest BCUT2D eigenvalue weighted by Crippen LogP contribution is 2.31. The minimum absolute atomic E-state index is 0.220. The van der Waals surface area contributed by atoms with E-state index in [1.54, 1.807) is 6.92 Å². The smallest absolute Gasteiger partial charge is 0.156 e. The zero-order valence-corrected chi connectivity index (χ0v) is 12.6. The number of sulfone groups is 1. The number of aryl methyl sites for hydroxylation is 1. The Kier molecular flexibility index (Phi) is 4.69. The molecule has 2 unspecified atom stereocenters. The topological polar surface area (TPSA) is 59.1 Å². The third-order valence-corrected chi connectivity index (χ3v) is 5.92. The van der Waals surface area contributed by atoms with Gasteiger partial charge in [0.2, 0.25) is 0 Å². The van der Waals surface area contributed by atoms with Crippen LogP contribution in [0.15, 0.2) is 0 Å². The molecule has 0 amide bonds. The molecule has 0 radical (unpaired) electrons. The zero-order valence-electron chi connectivity index (χ0n) is 10.9. The predicted octanol–water partition coefficient (Wildman–Crippen LogP) is 2.23. The van der Waals surface area contributed by atoms with Crippen molar-refractivity contribution in [3.8, 4) is 0 Å². The molecule has 0 spiro atoms. The first kappa shape index (κ1) is 14.6. The summed E-state index contributed by atoms with van der Waals surface area (Å²) in [5.41, 5.74) is 0.925. The Morgan fingerprint density at radius 3 is 2.47 bits per heavy atom. The molecule has 0 saturated heterocycles. The summed E-state index contributed by atoms with van der Waals surface area (Å²) in [6.07, 6.45) is 1.25. The molecule has 1 aromatic heterocycles. The number of aromatic nitrogens is 1. The Labute approximate surface area is 107 Å². The number of nitrogens with zero attached hydrogens (tertiary/aromatic N) is 1. The first-order valence-corrected chi connectivity index (χ1v) is 8.44. The number of hydrogen-bond acceptors (Lipinski definition) is 5. The Morgan fingerprint density at radius 1 is 1.41 bits per heavy atom. The summed E-state index contributed by atoms with van der Waals surface area (Å²) in [4.78, 5) is 5.50. The van der Waals surface area contributed by atoms with Crippen LogP contribution in [-0.2, 0) is 9.84 Å². The first-order chi connectivity index (χ1) is 7.77. The fourth-order valence-electron chi connectivity index (χ4n) is 1.59. The molecule has 1 aromatic rings. The Bertz CT molecular complexity index is 480. The molecule has 0 aliphatic heterocycles. The van der Waals surface area contributed by atoms with Crippen LogP contribution in [0.1, 0.15) is 47.6 Å².